The van der Waals surface area contributed by atoms with Crippen LogP contribution in [0.5, 0.6) is 5.75 Å². The van der Waals surface area contributed by atoms with E-state index in [4.69, 9.17) is 10.5 Å². The van der Waals surface area contributed by atoms with Crippen LogP contribution in [-0.2, 0) is 4.79 Å². The highest BCUT2D eigenvalue weighted by atomic mass is 16.5. The second-order valence-electron chi connectivity index (χ2n) is 2.92. The molecule has 3 N–H and O–H groups in total. The number of hydrogen-bond donors (Lipinski definition) is 2. The van der Waals surface area contributed by atoms with Crippen LogP contribution in [0.1, 0.15) is 11.6 Å². The molecule has 1 amide bonds. The lowest BCUT2D eigenvalue weighted by Gasteiger charge is -2.03. The van der Waals surface area contributed by atoms with Crippen molar-refractivity contribution in [2.45, 2.75) is 6.04 Å². The molecule has 0 radical (unpaired) electrons. The van der Waals surface area contributed by atoms with Crippen molar-refractivity contribution in [2.75, 3.05) is 12.4 Å². The quantitative estimate of drug-likeness (QED) is 0.663. The molecule has 0 spiro atoms. The van der Waals surface area contributed by atoms with Crippen molar-refractivity contribution in [1.29, 1.82) is 0 Å². The van der Waals surface area contributed by atoms with Crippen LogP contribution in [0.2, 0.25) is 0 Å². The van der Waals surface area contributed by atoms with Gasteiger partial charge in [0.15, 0.2) is 0 Å². The van der Waals surface area contributed by atoms with E-state index in [1.54, 1.807) is 25.3 Å². The van der Waals surface area contributed by atoms with Crippen molar-refractivity contribution in [3.05, 3.63) is 23.8 Å². The summed E-state index contributed by atoms with van der Waals surface area (Å²) in [7, 11) is 1.58. The summed E-state index contributed by atoms with van der Waals surface area (Å²) in [6.07, 6.45) is 0. The van der Waals surface area contributed by atoms with E-state index in [9.17, 15) is 4.79 Å². The number of nitrogens with two attached hydrogens (primary N) is 1. The first-order valence-electron chi connectivity index (χ1n) is 3.97. The van der Waals surface area contributed by atoms with Gasteiger partial charge in [0.25, 0.3) is 0 Å². The largest absolute Gasteiger partial charge is 0.497 e. The van der Waals surface area contributed by atoms with Gasteiger partial charge < -0.3 is 15.8 Å². The number of carbonyl (C=O) groups excluding carboxylic acids is 1. The Morgan fingerprint density at radius 3 is 3.00 bits per heavy atom. The van der Waals surface area contributed by atoms with Crippen LogP contribution < -0.4 is 15.8 Å². The van der Waals surface area contributed by atoms with E-state index in [-0.39, 0.29) is 5.91 Å². The molecule has 0 bridgehead atoms. The number of rotatable bonds is 1. The van der Waals surface area contributed by atoms with E-state index in [0.29, 0.717) is 5.75 Å². The summed E-state index contributed by atoms with van der Waals surface area (Å²) in [6.45, 7) is 0. The molecule has 1 heterocycles. The van der Waals surface area contributed by atoms with Crippen LogP contribution in [0.25, 0.3) is 0 Å². The number of ether oxygens (including phenoxy) is 1. The van der Waals surface area contributed by atoms with Gasteiger partial charge in [-0.1, -0.05) is 0 Å². The Morgan fingerprint density at radius 2 is 2.31 bits per heavy atom. The van der Waals surface area contributed by atoms with Gasteiger partial charge in [-0.3, -0.25) is 4.79 Å². The Morgan fingerprint density at radius 1 is 1.54 bits per heavy atom. The summed E-state index contributed by atoms with van der Waals surface area (Å²) in [6, 6.07) is 4.79. The third kappa shape index (κ3) is 1.15. The van der Waals surface area contributed by atoms with Crippen molar-refractivity contribution in [1.82, 2.24) is 0 Å². The molecule has 0 aliphatic carbocycles. The number of benzene rings is 1. The van der Waals surface area contributed by atoms with Gasteiger partial charge in [0.05, 0.1) is 7.11 Å². The summed E-state index contributed by atoms with van der Waals surface area (Å²) < 4.78 is 5.03. The van der Waals surface area contributed by atoms with Crippen LogP contribution in [0.4, 0.5) is 5.69 Å². The second kappa shape index (κ2) is 2.74. The number of carbonyl (C=O) groups is 1. The number of nitrogens with one attached hydrogen (secondary N) is 1. The Hall–Kier alpha value is -1.55. The highest BCUT2D eigenvalue weighted by Gasteiger charge is 2.27. The predicted octanol–water partition coefficient (Wildman–Crippen LogP) is 0.647. The van der Waals surface area contributed by atoms with Crippen LogP contribution in [-0.4, -0.2) is 13.0 Å². The molecule has 4 nitrogen and oxygen atoms in total. The maximum Gasteiger partial charge on any atom is 0.245 e. The summed E-state index contributed by atoms with van der Waals surface area (Å²) in [5.41, 5.74) is 7.22. The van der Waals surface area contributed by atoms with E-state index >= 15 is 0 Å². The van der Waals surface area contributed by atoms with Gasteiger partial charge in [-0.05, 0) is 18.2 Å². The first-order valence-corrected chi connectivity index (χ1v) is 3.97. The number of anilines is 1. The molecule has 1 aliphatic rings. The molecule has 0 aromatic heterocycles. The fourth-order valence-electron chi connectivity index (χ4n) is 1.39. The Bertz CT molecular complexity index is 363. The molecule has 2 rings (SSSR count). The lowest BCUT2D eigenvalue weighted by molar-refractivity contribution is -0.116. The van der Waals surface area contributed by atoms with E-state index in [1.807, 2.05) is 0 Å². The molecule has 1 atom stereocenters. The average Bonchev–Trinajstić information content (AvgIpc) is 2.43. The third-order valence-electron chi connectivity index (χ3n) is 2.13. The molecule has 0 fully saturated rings. The number of methoxy groups -OCH3 is 1. The molecule has 0 saturated carbocycles. The molecule has 0 unspecified atom stereocenters. The highest BCUT2D eigenvalue weighted by molar-refractivity contribution is 6.02. The Balaban J connectivity index is 2.47. The first kappa shape index (κ1) is 8.07. The average molecular weight is 178 g/mol. The van der Waals surface area contributed by atoms with Gasteiger partial charge in [-0.15, -0.1) is 0 Å². The Kier molecular flexibility index (Phi) is 1.70. The van der Waals surface area contributed by atoms with Gasteiger partial charge in [-0.2, -0.15) is 0 Å². The molecule has 1 aromatic carbocycles. The number of hydrogen-bond acceptors (Lipinski definition) is 3. The smallest absolute Gasteiger partial charge is 0.245 e. The number of fused-ring (bicyclic) bond motifs is 1. The van der Waals surface area contributed by atoms with Gasteiger partial charge >= 0.3 is 0 Å². The zero-order chi connectivity index (χ0) is 9.42. The van der Waals surface area contributed by atoms with Crippen LogP contribution in [0, 0.1) is 0 Å². The van der Waals surface area contributed by atoms with Gasteiger partial charge in [-0.25, -0.2) is 0 Å². The topological polar surface area (TPSA) is 64.3 Å². The standard InChI is InChI=1S/C9H10N2O2/c1-13-5-2-3-7-6(4-5)8(10)9(12)11-7/h2-4,8H,10H2,1H3,(H,11,12)/t8-/m0/s1. The van der Waals surface area contributed by atoms with E-state index < -0.39 is 6.04 Å². The lowest BCUT2D eigenvalue weighted by atomic mass is 10.1. The monoisotopic (exact) mass is 178 g/mol. The molecule has 1 aliphatic heterocycles. The van der Waals surface area contributed by atoms with Gasteiger partial charge in [0.2, 0.25) is 5.91 Å². The predicted molar refractivity (Wildman–Crippen MR) is 48.6 cm³/mol. The van der Waals surface area contributed by atoms with Crippen molar-refractivity contribution in [2.24, 2.45) is 5.73 Å². The van der Waals surface area contributed by atoms with E-state index in [1.165, 1.54) is 0 Å². The Labute approximate surface area is 75.7 Å². The zero-order valence-electron chi connectivity index (χ0n) is 7.20. The second-order valence-corrected chi connectivity index (χ2v) is 2.92. The normalized spacial score (nSPS) is 19.5. The third-order valence-corrected chi connectivity index (χ3v) is 2.13. The minimum Gasteiger partial charge on any atom is -0.497 e. The number of amides is 1. The van der Waals surface area contributed by atoms with Gasteiger partial charge in [0, 0.05) is 11.3 Å². The highest BCUT2D eigenvalue weighted by Crippen LogP contribution is 2.31. The lowest BCUT2D eigenvalue weighted by Crippen LogP contribution is -2.19. The molecular weight excluding hydrogens is 168 g/mol. The molecule has 0 saturated heterocycles. The minimum atomic E-state index is -0.565. The van der Waals surface area contributed by atoms with Crippen LogP contribution in [0.3, 0.4) is 0 Å². The SMILES string of the molecule is COc1ccc2c(c1)[C@H](N)C(=O)N2. The van der Waals surface area contributed by atoms with E-state index in [2.05, 4.69) is 5.32 Å². The summed E-state index contributed by atoms with van der Waals surface area (Å²) >= 11 is 0. The van der Waals surface area contributed by atoms with Gasteiger partial charge in [0.1, 0.15) is 11.8 Å². The van der Waals surface area contributed by atoms with Crippen LogP contribution in [0.15, 0.2) is 18.2 Å². The van der Waals surface area contributed by atoms with Crippen molar-refractivity contribution in [3.63, 3.8) is 0 Å². The summed E-state index contributed by atoms with van der Waals surface area (Å²) in [5, 5.41) is 2.68. The maximum atomic E-state index is 11.2. The summed E-state index contributed by atoms with van der Waals surface area (Å²) in [4.78, 5) is 11.2. The van der Waals surface area contributed by atoms with Crippen molar-refractivity contribution in [3.8, 4) is 5.75 Å². The fourth-order valence-corrected chi connectivity index (χ4v) is 1.39. The summed E-state index contributed by atoms with van der Waals surface area (Å²) in [5.74, 6) is 0.550. The van der Waals surface area contributed by atoms with Crippen molar-refractivity contribution >= 4 is 11.6 Å². The minimum absolute atomic E-state index is 0.164. The molecule has 68 valence electrons. The maximum absolute atomic E-state index is 11.2. The molecule has 13 heavy (non-hydrogen) atoms. The van der Waals surface area contributed by atoms with Crippen LogP contribution >= 0.6 is 0 Å². The van der Waals surface area contributed by atoms with Crippen molar-refractivity contribution < 1.29 is 9.53 Å². The first-order chi connectivity index (χ1) is 6.22. The van der Waals surface area contributed by atoms with E-state index in [0.717, 1.165) is 11.3 Å². The molecule has 1 aromatic rings. The fraction of sp³-hybridized carbons (Fsp3) is 0.222. The molecule has 4 heteroatoms. The molecular formula is C9H10N2O2. The zero-order valence-corrected chi connectivity index (χ0v) is 7.20.